The van der Waals surface area contributed by atoms with Crippen LogP contribution >= 0.6 is 0 Å². The van der Waals surface area contributed by atoms with Crippen LogP contribution in [0, 0.1) is 40.4 Å². The van der Waals surface area contributed by atoms with E-state index < -0.39 is 0 Å². The first-order valence-corrected chi connectivity index (χ1v) is 10.9. The Kier molecular flexibility index (Phi) is 3.95. The Morgan fingerprint density at radius 3 is 2.81 bits per heavy atom. The van der Waals surface area contributed by atoms with Gasteiger partial charge in [-0.15, -0.1) is 0 Å². The maximum absolute atomic E-state index is 12.0. The molecule has 1 spiro atoms. The Morgan fingerprint density at radius 2 is 2.11 bits per heavy atom. The van der Waals surface area contributed by atoms with Crippen molar-refractivity contribution in [1.82, 2.24) is 0 Å². The Balaban J connectivity index is 1.52. The zero-order valence-corrected chi connectivity index (χ0v) is 16.2. The van der Waals surface area contributed by atoms with Crippen molar-refractivity contribution in [2.24, 2.45) is 35.0 Å². The third-order valence-corrected chi connectivity index (χ3v) is 9.03. The quantitative estimate of drug-likeness (QED) is 0.722. The van der Waals surface area contributed by atoms with Gasteiger partial charge in [0.25, 0.3) is 0 Å². The second kappa shape index (κ2) is 6.04. The molecule has 4 unspecified atom stereocenters. The summed E-state index contributed by atoms with van der Waals surface area (Å²) in [7, 11) is 0. The van der Waals surface area contributed by atoms with E-state index in [1.165, 1.54) is 12.0 Å². The smallest absolute Gasteiger partial charge is 0.331 e. The Morgan fingerprint density at radius 1 is 1.26 bits per heavy atom. The van der Waals surface area contributed by atoms with E-state index in [1.54, 1.807) is 6.08 Å². The fourth-order valence-electron chi connectivity index (χ4n) is 7.98. The normalized spacial score (nSPS) is 48.1. The van der Waals surface area contributed by atoms with E-state index in [4.69, 9.17) is 10.1 Å². The number of nitrogens with one attached hydrogen (secondary N) is 1. The molecule has 7 atom stereocenters. The molecule has 3 saturated carbocycles. The molecule has 0 bridgehead atoms. The maximum atomic E-state index is 12.0. The van der Waals surface area contributed by atoms with Crippen molar-refractivity contribution in [2.45, 2.75) is 63.9 Å². The third kappa shape index (κ3) is 2.25. The standard InChI is InChI=1S/C23H31NO3/c1-2-22-8-5-17-16-4-3-15(24)12-18(16)14(13-25)11-19(17)20(22)6-9-23(22)10-7-21(26)27-23/h7,10,12,14,16-17,19-20,24-25H,2-6,8-9,11,13H2,1H3/t14?,16-,17?,19?,20?,22+,23-/m1/s1. The number of carbonyl (C=O) groups is 1. The second-order valence-corrected chi connectivity index (χ2v) is 9.60. The predicted molar refractivity (Wildman–Crippen MR) is 103 cm³/mol. The summed E-state index contributed by atoms with van der Waals surface area (Å²) in [5.74, 6) is 2.45. The van der Waals surface area contributed by atoms with Gasteiger partial charge in [0.1, 0.15) is 5.60 Å². The zero-order chi connectivity index (χ0) is 18.8. The highest BCUT2D eigenvalue weighted by Gasteiger charge is 2.66. The molecule has 4 nitrogen and oxygen atoms in total. The van der Waals surface area contributed by atoms with E-state index in [0.29, 0.717) is 23.7 Å². The highest BCUT2D eigenvalue weighted by atomic mass is 16.6. The largest absolute Gasteiger partial charge is 0.451 e. The van der Waals surface area contributed by atoms with Crippen LogP contribution in [0.3, 0.4) is 0 Å². The van der Waals surface area contributed by atoms with Gasteiger partial charge in [-0.1, -0.05) is 12.5 Å². The highest BCUT2D eigenvalue weighted by Crippen LogP contribution is 2.68. The molecule has 0 aromatic heterocycles. The summed E-state index contributed by atoms with van der Waals surface area (Å²) in [4.78, 5) is 12.0. The van der Waals surface area contributed by atoms with E-state index in [9.17, 15) is 9.90 Å². The number of esters is 1. The van der Waals surface area contributed by atoms with Crippen molar-refractivity contribution >= 4 is 11.7 Å². The van der Waals surface area contributed by atoms with Crippen LogP contribution in [-0.2, 0) is 9.53 Å². The molecular weight excluding hydrogens is 338 g/mol. The fourth-order valence-corrected chi connectivity index (χ4v) is 7.98. The minimum absolute atomic E-state index is 0.0689. The summed E-state index contributed by atoms with van der Waals surface area (Å²) in [6.07, 6.45) is 14.3. The summed E-state index contributed by atoms with van der Waals surface area (Å²) in [5.41, 5.74) is 1.78. The van der Waals surface area contributed by atoms with Crippen LogP contribution < -0.4 is 0 Å². The van der Waals surface area contributed by atoms with E-state index in [2.05, 4.69) is 19.1 Å². The van der Waals surface area contributed by atoms with Crippen molar-refractivity contribution in [3.8, 4) is 0 Å². The predicted octanol–water partition coefficient (Wildman–Crippen LogP) is 4.04. The zero-order valence-electron chi connectivity index (χ0n) is 16.2. The molecule has 27 heavy (non-hydrogen) atoms. The van der Waals surface area contributed by atoms with Gasteiger partial charge in [-0.3, -0.25) is 0 Å². The molecule has 0 aromatic carbocycles. The SMILES string of the molecule is CC[C@]12CCC3C(CC(CO)C4=CC(=N)CC[C@@H]43)C1CC[C@@]21C=CC(=O)O1. The number of ether oxygens (including phenoxy) is 1. The molecule has 0 saturated heterocycles. The Labute approximate surface area is 161 Å². The molecule has 4 heteroatoms. The number of aliphatic hydroxyl groups is 1. The van der Waals surface area contributed by atoms with E-state index in [-0.39, 0.29) is 29.5 Å². The van der Waals surface area contributed by atoms with Crippen LogP contribution in [0.1, 0.15) is 58.3 Å². The summed E-state index contributed by atoms with van der Waals surface area (Å²) in [6, 6.07) is 0. The summed E-state index contributed by atoms with van der Waals surface area (Å²) >= 11 is 0. The van der Waals surface area contributed by atoms with Gasteiger partial charge in [-0.2, -0.15) is 0 Å². The van der Waals surface area contributed by atoms with Gasteiger partial charge in [0, 0.05) is 29.7 Å². The summed E-state index contributed by atoms with van der Waals surface area (Å²) in [5, 5.41) is 18.2. The topological polar surface area (TPSA) is 70.4 Å². The lowest BCUT2D eigenvalue weighted by molar-refractivity contribution is -0.165. The summed E-state index contributed by atoms with van der Waals surface area (Å²) < 4.78 is 5.99. The number of allylic oxidation sites excluding steroid dienone is 1. The lowest BCUT2D eigenvalue weighted by atomic mass is 9.48. The molecule has 5 rings (SSSR count). The first-order valence-electron chi connectivity index (χ1n) is 10.9. The average molecular weight is 370 g/mol. The van der Waals surface area contributed by atoms with Crippen molar-refractivity contribution in [3.05, 3.63) is 23.8 Å². The molecule has 2 N–H and O–H groups in total. The highest BCUT2D eigenvalue weighted by molar-refractivity contribution is 5.94. The first kappa shape index (κ1) is 17.7. The molecule has 0 amide bonds. The molecule has 5 aliphatic rings. The van der Waals surface area contributed by atoms with Gasteiger partial charge in [0.05, 0.1) is 0 Å². The van der Waals surface area contributed by atoms with Crippen LogP contribution in [0.5, 0.6) is 0 Å². The first-order chi connectivity index (χ1) is 13.0. The van der Waals surface area contributed by atoms with Crippen molar-refractivity contribution in [1.29, 1.82) is 5.41 Å². The molecule has 0 aromatic rings. The van der Waals surface area contributed by atoms with E-state index in [1.807, 2.05) is 0 Å². The number of carbonyl (C=O) groups excluding carboxylic acids is 1. The lowest BCUT2D eigenvalue weighted by Crippen LogP contribution is -2.54. The molecule has 4 aliphatic carbocycles. The molecule has 3 fully saturated rings. The van der Waals surface area contributed by atoms with Gasteiger partial charge >= 0.3 is 5.97 Å². The number of hydrogen-bond donors (Lipinski definition) is 2. The van der Waals surface area contributed by atoms with Crippen LogP contribution in [0.25, 0.3) is 0 Å². The lowest BCUT2D eigenvalue weighted by Gasteiger charge is -2.57. The third-order valence-electron chi connectivity index (χ3n) is 9.03. The molecule has 1 aliphatic heterocycles. The minimum atomic E-state index is -0.381. The molecular formula is C23H31NO3. The molecule has 1 heterocycles. The van der Waals surface area contributed by atoms with Crippen molar-refractivity contribution in [3.63, 3.8) is 0 Å². The number of hydrogen-bond acceptors (Lipinski definition) is 4. The van der Waals surface area contributed by atoms with Gasteiger partial charge in [-0.05, 0) is 87.2 Å². The number of rotatable bonds is 2. The van der Waals surface area contributed by atoms with E-state index >= 15 is 0 Å². The monoisotopic (exact) mass is 369 g/mol. The minimum Gasteiger partial charge on any atom is -0.451 e. The van der Waals surface area contributed by atoms with Gasteiger partial charge in [-0.25, -0.2) is 4.79 Å². The van der Waals surface area contributed by atoms with Crippen molar-refractivity contribution in [2.75, 3.05) is 6.61 Å². The maximum Gasteiger partial charge on any atom is 0.331 e. The van der Waals surface area contributed by atoms with Gasteiger partial charge in [0.15, 0.2) is 0 Å². The van der Waals surface area contributed by atoms with Gasteiger partial charge < -0.3 is 15.3 Å². The Hall–Kier alpha value is -1.42. The van der Waals surface area contributed by atoms with Gasteiger partial charge in [0.2, 0.25) is 0 Å². The van der Waals surface area contributed by atoms with Crippen molar-refractivity contribution < 1.29 is 14.6 Å². The second-order valence-electron chi connectivity index (χ2n) is 9.60. The average Bonchev–Trinajstić information content (AvgIpc) is 3.22. The van der Waals surface area contributed by atoms with E-state index in [0.717, 1.165) is 50.7 Å². The van der Waals surface area contributed by atoms with Crippen LogP contribution in [-0.4, -0.2) is 29.0 Å². The molecule has 0 radical (unpaired) electrons. The number of fused-ring (bicyclic) bond motifs is 6. The fraction of sp³-hybridized carbons (Fsp3) is 0.739. The molecule has 146 valence electrons. The Bertz CT molecular complexity index is 740. The van der Waals surface area contributed by atoms with Crippen LogP contribution in [0.4, 0.5) is 0 Å². The van der Waals surface area contributed by atoms with Crippen LogP contribution in [0.2, 0.25) is 0 Å². The van der Waals surface area contributed by atoms with Crippen LogP contribution in [0.15, 0.2) is 23.8 Å². The summed E-state index contributed by atoms with van der Waals surface area (Å²) in [6.45, 7) is 2.48. The number of aliphatic hydroxyl groups excluding tert-OH is 1.